The van der Waals surface area contributed by atoms with Crippen molar-refractivity contribution in [2.45, 2.75) is 40.2 Å². The largest absolute Gasteiger partial charge is 0.484 e. The summed E-state index contributed by atoms with van der Waals surface area (Å²) in [6.07, 6.45) is 1.67. The van der Waals surface area contributed by atoms with Gasteiger partial charge in [0.25, 0.3) is 23.6 Å². The van der Waals surface area contributed by atoms with Gasteiger partial charge < -0.3 is 47.1 Å². The van der Waals surface area contributed by atoms with E-state index < -0.39 is 42.1 Å². The van der Waals surface area contributed by atoms with E-state index in [1.807, 2.05) is 136 Å². The third-order valence-corrected chi connectivity index (χ3v) is 14.7. The van der Waals surface area contributed by atoms with Crippen LogP contribution in [0.5, 0.6) is 0 Å². The maximum atomic E-state index is 14.0. The Balaban J connectivity index is 0.0000108. The number of aliphatic hydroxyl groups excluding tert-OH is 1. The Morgan fingerprint density at radius 1 is 0.839 bits per heavy atom. The van der Waals surface area contributed by atoms with Crippen molar-refractivity contribution in [1.82, 2.24) is 26.2 Å². The van der Waals surface area contributed by atoms with E-state index in [-0.39, 0.29) is 68.1 Å². The monoisotopic (exact) mass is 1450 g/mol. The molecule has 1 aliphatic heterocycles. The number of carbonyl (C=O) groups excluding carboxylic acids is 6. The second-order valence-corrected chi connectivity index (χ2v) is 18.5. The van der Waals surface area contributed by atoms with E-state index in [4.69, 9.17) is 10.5 Å². The molecule has 6 amide bonds. The van der Waals surface area contributed by atoms with Crippen LogP contribution in [-0.4, -0.2) is 111 Å². The molecule has 2 aromatic rings. The number of amides is 6. The Morgan fingerprint density at radius 2 is 1.34 bits per heavy atom. The number of hydrogen-bond acceptors (Lipinski definition) is 10. The van der Waals surface area contributed by atoms with Gasteiger partial charge in [-0.15, -0.1) is 0 Å². The summed E-state index contributed by atoms with van der Waals surface area (Å²) in [5.74, 6) is -2.61. The van der Waals surface area contributed by atoms with Crippen LogP contribution >= 0.6 is 136 Å². The molecule has 1 saturated heterocycles. The molecule has 0 saturated carbocycles. The zero-order valence-corrected chi connectivity index (χ0v) is 42.8. The van der Waals surface area contributed by atoms with Gasteiger partial charge in [-0.3, -0.25) is 28.8 Å². The van der Waals surface area contributed by atoms with Gasteiger partial charge in [0.15, 0.2) is 5.90 Å². The number of aliphatic hydroxyl groups is 1. The summed E-state index contributed by atoms with van der Waals surface area (Å²) in [5.41, 5.74) is 6.88. The lowest BCUT2D eigenvalue weighted by atomic mass is 9.98. The van der Waals surface area contributed by atoms with E-state index >= 15 is 0 Å². The number of piperidine rings is 1. The molecular formula is C34H42I6N8O8. The molecule has 1 heterocycles. The van der Waals surface area contributed by atoms with Gasteiger partial charge >= 0.3 is 0 Å². The first-order valence-corrected chi connectivity index (χ1v) is 22.9. The average Bonchev–Trinajstić information content (AvgIpc) is 3.15. The highest BCUT2D eigenvalue weighted by Crippen LogP contribution is 2.38. The molecule has 1 fully saturated rings. The molecule has 16 nitrogen and oxygen atoms in total. The van der Waals surface area contributed by atoms with Crippen molar-refractivity contribution in [2.24, 2.45) is 16.6 Å². The standard InChI is InChI=1S/C33H38I6N8O8.CH4/c1-13-5-8-47(9-6-13)33(54)15(11-40)45-32(53)20-22(35)18(30(51)42-7-10-48)25(38)28(26(20)39)46-16(49)12-43-31(52)19-21(34)17(29(50)41-3)23(36)27(24(19)37)44-14(2)55-4;/h13,15,48H,5-12,40H2,1-4H3,(H,41,50)(H,42,51)(H,43,52)(H,45,53)(H,46,49);1H4. The Kier molecular flexibility index (Phi) is 21.7. The number of aliphatic imine (C=N–C) groups is 1. The number of nitrogens with zero attached hydrogens (tertiary/aromatic N) is 2. The summed E-state index contributed by atoms with van der Waals surface area (Å²) in [4.78, 5) is 87.1. The molecule has 1 atom stereocenters. The van der Waals surface area contributed by atoms with E-state index in [1.165, 1.54) is 14.2 Å². The number of benzene rings is 2. The average molecular weight is 1450 g/mol. The van der Waals surface area contributed by atoms with Gasteiger partial charge in [-0.25, -0.2) is 4.99 Å². The van der Waals surface area contributed by atoms with Crippen LogP contribution in [-0.2, 0) is 14.3 Å². The number of nitrogens with two attached hydrogens (primary N) is 1. The van der Waals surface area contributed by atoms with E-state index in [9.17, 15) is 33.9 Å². The van der Waals surface area contributed by atoms with Crippen LogP contribution in [0.4, 0.5) is 11.4 Å². The number of hydrogen-bond donors (Lipinski definition) is 7. The summed E-state index contributed by atoms with van der Waals surface area (Å²) >= 11 is 11.5. The highest BCUT2D eigenvalue weighted by atomic mass is 127. The number of carbonyl (C=O) groups is 6. The molecule has 0 aromatic heterocycles. The molecule has 308 valence electrons. The molecule has 2 aromatic carbocycles. The van der Waals surface area contributed by atoms with Crippen molar-refractivity contribution in [3.05, 3.63) is 43.7 Å². The smallest absolute Gasteiger partial charge is 0.254 e. The fourth-order valence-corrected chi connectivity index (χ4v) is 14.0. The maximum absolute atomic E-state index is 14.0. The number of methoxy groups -OCH3 is 1. The highest BCUT2D eigenvalue weighted by molar-refractivity contribution is 14.1. The Bertz CT molecular complexity index is 1910. The van der Waals surface area contributed by atoms with Crippen molar-refractivity contribution < 1.29 is 38.6 Å². The van der Waals surface area contributed by atoms with Gasteiger partial charge in [0.05, 0.1) is 68.2 Å². The molecule has 1 unspecified atom stereocenters. The van der Waals surface area contributed by atoms with Crippen molar-refractivity contribution in [3.63, 3.8) is 0 Å². The maximum Gasteiger partial charge on any atom is 0.254 e. The zero-order chi connectivity index (χ0) is 41.3. The minimum atomic E-state index is -1.04. The molecule has 56 heavy (non-hydrogen) atoms. The third kappa shape index (κ3) is 12.3. The number of likely N-dealkylation sites (tertiary alicyclic amines) is 1. The predicted molar refractivity (Wildman–Crippen MR) is 265 cm³/mol. The summed E-state index contributed by atoms with van der Waals surface area (Å²) in [6.45, 7) is 3.74. The lowest BCUT2D eigenvalue weighted by molar-refractivity contribution is -0.134. The molecular weight excluding hydrogens is 1410 g/mol. The first kappa shape index (κ1) is 51.2. The third-order valence-electron chi connectivity index (χ3n) is 8.32. The summed E-state index contributed by atoms with van der Waals surface area (Å²) in [7, 11) is 2.91. The second kappa shape index (κ2) is 23.7. The number of rotatable bonds is 13. The molecule has 22 heteroatoms. The minimum Gasteiger partial charge on any atom is -0.484 e. The Labute approximate surface area is 407 Å². The molecule has 0 aliphatic carbocycles. The zero-order valence-electron chi connectivity index (χ0n) is 29.9. The number of halogens is 6. The Morgan fingerprint density at radius 3 is 1.84 bits per heavy atom. The molecule has 0 spiro atoms. The van der Waals surface area contributed by atoms with Crippen LogP contribution < -0.4 is 32.3 Å². The van der Waals surface area contributed by atoms with E-state index in [0.29, 0.717) is 44.9 Å². The number of anilines is 1. The summed E-state index contributed by atoms with van der Waals surface area (Å²) < 4.78 is 7.29. The van der Waals surface area contributed by atoms with E-state index in [0.717, 1.165) is 12.8 Å². The first-order chi connectivity index (χ1) is 25.9. The normalized spacial score (nSPS) is 13.6. The lowest BCUT2D eigenvalue weighted by Crippen LogP contribution is -2.54. The second-order valence-electron chi connectivity index (χ2n) is 12.0. The minimum absolute atomic E-state index is 0. The summed E-state index contributed by atoms with van der Waals surface area (Å²) in [5, 5.41) is 22.6. The van der Waals surface area contributed by atoms with Crippen LogP contribution in [0, 0.1) is 27.3 Å². The lowest BCUT2D eigenvalue weighted by Gasteiger charge is -2.33. The van der Waals surface area contributed by atoms with Crippen LogP contribution in [0.3, 0.4) is 0 Å². The van der Waals surface area contributed by atoms with E-state index in [2.05, 4.69) is 38.5 Å². The van der Waals surface area contributed by atoms with Crippen molar-refractivity contribution in [2.75, 3.05) is 58.8 Å². The van der Waals surface area contributed by atoms with Gasteiger partial charge in [-0.05, 0) is 154 Å². The summed E-state index contributed by atoms with van der Waals surface area (Å²) in [6, 6.07) is -1.04. The van der Waals surface area contributed by atoms with Gasteiger partial charge in [-0.2, -0.15) is 0 Å². The van der Waals surface area contributed by atoms with Crippen LogP contribution in [0.15, 0.2) is 4.99 Å². The predicted octanol–water partition coefficient (Wildman–Crippen LogP) is 4.41. The SMILES string of the molecule is C.CNC(=O)c1c(I)c(N=C(C)OC)c(I)c(C(=O)NCC(=O)Nc2c(I)c(C(=O)NCCO)c(I)c(C(=O)NC(CN)C(=O)N3CCC(C)CC3)c2I)c1I. The Hall–Kier alpha value is -0.970. The van der Waals surface area contributed by atoms with Crippen LogP contribution in [0.1, 0.15) is 75.5 Å². The quantitative estimate of drug-likeness (QED) is 0.0854. The molecule has 8 N–H and O–H groups in total. The molecule has 3 rings (SSSR count). The van der Waals surface area contributed by atoms with Crippen LogP contribution in [0.25, 0.3) is 0 Å². The van der Waals surface area contributed by atoms with Crippen molar-refractivity contribution >= 4 is 188 Å². The fourth-order valence-electron chi connectivity index (χ4n) is 5.24. The van der Waals surface area contributed by atoms with Gasteiger partial charge in [-0.1, -0.05) is 14.4 Å². The van der Waals surface area contributed by atoms with Crippen molar-refractivity contribution in [1.29, 1.82) is 0 Å². The van der Waals surface area contributed by atoms with Gasteiger partial charge in [0.2, 0.25) is 11.8 Å². The molecule has 0 bridgehead atoms. The highest BCUT2D eigenvalue weighted by Gasteiger charge is 2.33. The molecule has 0 radical (unpaired) electrons. The topological polar surface area (TPSA) is 234 Å². The molecule has 1 aliphatic rings. The van der Waals surface area contributed by atoms with E-state index in [1.54, 1.807) is 11.8 Å². The fraction of sp³-hybridized carbons (Fsp3) is 0.441. The number of ether oxygens (including phenoxy) is 1. The van der Waals surface area contributed by atoms with Crippen LogP contribution in [0.2, 0.25) is 0 Å². The van der Waals surface area contributed by atoms with Gasteiger partial charge in [0.1, 0.15) is 6.04 Å². The van der Waals surface area contributed by atoms with Gasteiger partial charge in [0, 0.05) is 47.3 Å². The number of nitrogens with one attached hydrogen (secondary N) is 5. The van der Waals surface area contributed by atoms with Crippen molar-refractivity contribution in [3.8, 4) is 0 Å². The first-order valence-electron chi connectivity index (χ1n) is 16.4.